The summed E-state index contributed by atoms with van der Waals surface area (Å²) in [6, 6.07) is 6.79. The van der Waals surface area contributed by atoms with Crippen LogP contribution in [-0.4, -0.2) is 136 Å². The Kier molecular flexibility index (Phi) is 36.3. The van der Waals surface area contributed by atoms with E-state index in [1.165, 1.54) is 11.3 Å². The number of carbonyl (C=O) groups excluding carboxylic acids is 12. The Morgan fingerprint density at radius 3 is 1.64 bits per heavy atom. The van der Waals surface area contributed by atoms with Gasteiger partial charge in [-0.15, -0.1) is 0 Å². The maximum absolute atomic E-state index is 14.3. The van der Waals surface area contributed by atoms with Crippen LogP contribution in [0.4, 0.5) is 0 Å². The predicted molar refractivity (Wildman–Crippen MR) is 328 cm³/mol. The minimum Gasteiger partial charge on any atom is -0.370 e. The predicted octanol–water partition coefficient (Wildman–Crippen LogP) is 2.16. The number of thiophene rings is 1. The maximum atomic E-state index is 14.3. The van der Waals surface area contributed by atoms with Crippen molar-refractivity contribution in [1.29, 1.82) is 0 Å². The number of nitrogens with two attached hydrogens (primary N) is 5. The standard InChI is InChI=1S/C61H96N10O12SSe/c1-37(2)24-43(60(82)69-49(26-39(5)6)54(76)31-42(17-11-13-22-63)59(81)70-51(32-55(65)77)53(75)30-41(57(66)79)16-10-12-21-62)28-45(72)34-68-58(80)44(36-85-47-20-23-84-35-47)29-46(73)33-67-56(78)19-18-52(74)50(27-40-14-8-7-9-15-40)71-61(83)48(64)25-38(3)4/h7-9,14-15,20,23,35,37-39,41-44,48-51H,10-13,16-19,21-22,24-34,36,62-64H2,1-6H3,(H2,65,77)(H2,66,79)(H,67,78)(H,68,80)(H,69,82)(H,70,81)(H,71,83)/t41-,42-,43-,44+,48+,49+,50+,51+/m1/s1. The molecule has 0 spiro atoms. The first-order valence-corrected chi connectivity index (χ1v) is 32.7. The van der Waals surface area contributed by atoms with Gasteiger partial charge in [-0.3, -0.25) is 28.8 Å². The molecule has 0 unspecified atom stereocenters. The number of hydrogen-bond donors (Lipinski definition) is 10. The van der Waals surface area contributed by atoms with Crippen LogP contribution >= 0.6 is 11.3 Å². The molecule has 1 aromatic heterocycles. The van der Waals surface area contributed by atoms with E-state index < -0.39 is 132 Å². The molecule has 0 saturated heterocycles. The fourth-order valence-electron chi connectivity index (χ4n) is 9.60. The minimum atomic E-state index is -1.40. The molecule has 0 aliphatic heterocycles. The minimum absolute atomic E-state index is 0.0768. The van der Waals surface area contributed by atoms with Crippen molar-refractivity contribution in [3.05, 3.63) is 52.7 Å². The molecule has 85 heavy (non-hydrogen) atoms. The van der Waals surface area contributed by atoms with Gasteiger partial charge in [-0.1, -0.05) is 70.9 Å². The van der Waals surface area contributed by atoms with E-state index in [9.17, 15) is 57.5 Å². The average molecular weight is 1270 g/mol. The Hall–Kier alpha value is -6.04. The summed E-state index contributed by atoms with van der Waals surface area (Å²) < 4.78 is 1.00. The molecule has 1 heterocycles. The first kappa shape index (κ1) is 75.1. The van der Waals surface area contributed by atoms with Gasteiger partial charge in [0, 0.05) is 24.7 Å². The summed E-state index contributed by atoms with van der Waals surface area (Å²) >= 11 is 1.26. The van der Waals surface area contributed by atoms with Crippen molar-refractivity contribution in [3.8, 4) is 0 Å². The van der Waals surface area contributed by atoms with Crippen molar-refractivity contribution < 1.29 is 57.5 Å². The van der Waals surface area contributed by atoms with E-state index >= 15 is 0 Å². The number of amides is 7. The van der Waals surface area contributed by atoms with Crippen molar-refractivity contribution in [3.63, 3.8) is 0 Å². The quantitative estimate of drug-likeness (QED) is 0.0335. The fourth-order valence-corrected chi connectivity index (χ4v) is 12.9. The summed E-state index contributed by atoms with van der Waals surface area (Å²) in [5.74, 6) is -10.6. The number of ketones is 5. The van der Waals surface area contributed by atoms with Crippen LogP contribution in [0.25, 0.3) is 0 Å². The summed E-state index contributed by atoms with van der Waals surface area (Å²) in [5, 5.41) is 17.6. The second-order valence-corrected chi connectivity index (χ2v) is 26.4. The monoisotopic (exact) mass is 1270 g/mol. The van der Waals surface area contributed by atoms with Crippen molar-refractivity contribution in [2.24, 2.45) is 70.1 Å². The van der Waals surface area contributed by atoms with Crippen molar-refractivity contribution in [2.45, 2.75) is 180 Å². The molecule has 1 aromatic carbocycles. The smallest absolute Gasteiger partial charge is 0.370 e. The summed E-state index contributed by atoms with van der Waals surface area (Å²) in [5.41, 5.74) is 29.3. The van der Waals surface area contributed by atoms with E-state index in [-0.39, 0.29) is 109 Å². The third kappa shape index (κ3) is 31.8. The van der Waals surface area contributed by atoms with Crippen LogP contribution < -0.4 is 59.7 Å². The molecule has 0 aliphatic carbocycles. The SMILES string of the molecule is CC(C)C[C@H](CC(=O)CNC(=O)[C@H](C[Se]c1ccsc1)CC(=O)CNC(=O)CCC(=O)[C@H](Cc1ccccc1)NC(=O)[C@@H](N)CC(C)C)C(=O)N[C@@H](CC(C)C)C(=O)C[C@@H](CCCCN)C(=O)N[C@@H](CC(N)=O)C(=O)C[C@@H](CCCCN)C(N)=O. The Morgan fingerprint density at radius 1 is 0.529 bits per heavy atom. The van der Waals surface area contributed by atoms with E-state index in [0.717, 1.165) is 10.0 Å². The number of rotatable bonds is 47. The summed E-state index contributed by atoms with van der Waals surface area (Å²) in [6.07, 6.45) is 1.26. The summed E-state index contributed by atoms with van der Waals surface area (Å²) in [4.78, 5) is 161. The Labute approximate surface area is 511 Å². The molecule has 7 amide bonds. The van der Waals surface area contributed by atoms with Gasteiger partial charge in [0.15, 0.2) is 5.78 Å². The van der Waals surface area contributed by atoms with Crippen molar-refractivity contribution in [2.75, 3.05) is 26.2 Å². The van der Waals surface area contributed by atoms with Crippen LogP contribution in [0.15, 0.2) is 47.2 Å². The van der Waals surface area contributed by atoms with Gasteiger partial charge >= 0.3 is 246 Å². The number of unbranched alkanes of at least 4 members (excludes halogenated alkanes) is 2. The molecule has 474 valence electrons. The van der Waals surface area contributed by atoms with E-state index in [4.69, 9.17) is 28.7 Å². The second-order valence-electron chi connectivity index (χ2n) is 23.4. The topological polar surface area (TPSA) is 395 Å². The summed E-state index contributed by atoms with van der Waals surface area (Å²) in [6.45, 7) is 11.1. The molecule has 0 aliphatic rings. The van der Waals surface area contributed by atoms with Gasteiger partial charge < -0.3 is 34.0 Å². The molecule has 24 heteroatoms. The van der Waals surface area contributed by atoms with E-state index in [0.29, 0.717) is 50.5 Å². The number of benzene rings is 1. The Morgan fingerprint density at radius 2 is 1.07 bits per heavy atom. The van der Waals surface area contributed by atoms with Gasteiger partial charge in [0.05, 0.1) is 18.5 Å². The first-order chi connectivity index (χ1) is 40.2. The molecule has 2 rings (SSSR count). The zero-order valence-electron chi connectivity index (χ0n) is 50.6. The molecule has 8 atom stereocenters. The zero-order chi connectivity index (χ0) is 63.6. The van der Waals surface area contributed by atoms with E-state index in [1.54, 1.807) is 0 Å². The van der Waals surface area contributed by atoms with Crippen LogP contribution in [0.1, 0.15) is 150 Å². The van der Waals surface area contributed by atoms with Crippen molar-refractivity contribution >= 4 is 101 Å². The number of primary amides is 2. The number of hydrogen-bond acceptors (Lipinski definition) is 16. The zero-order valence-corrected chi connectivity index (χ0v) is 53.2. The fraction of sp³-hybridized carbons (Fsp3) is 0.639. The van der Waals surface area contributed by atoms with Crippen molar-refractivity contribution in [1.82, 2.24) is 26.6 Å². The number of nitrogens with one attached hydrogen (secondary N) is 5. The normalized spacial score (nSPS) is 14.2. The molecular weight excluding hydrogens is 1180 g/mol. The molecule has 0 radical (unpaired) electrons. The van der Waals surface area contributed by atoms with Crippen LogP contribution in [0, 0.1) is 41.4 Å². The van der Waals surface area contributed by atoms with Gasteiger partial charge in [0.1, 0.15) is 0 Å². The third-order valence-electron chi connectivity index (χ3n) is 14.2. The number of Topliss-reactive ketones (excluding diaryl/α,β-unsaturated/α-hetero) is 5. The molecule has 15 N–H and O–H groups in total. The molecule has 22 nitrogen and oxygen atoms in total. The first-order valence-electron chi connectivity index (χ1n) is 29.7. The molecule has 0 saturated carbocycles. The van der Waals surface area contributed by atoms with Gasteiger partial charge in [-0.05, 0) is 62.6 Å². The molecule has 0 fully saturated rings. The second kappa shape index (κ2) is 41.1. The number of carbonyl (C=O) groups is 12. The third-order valence-corrected chi connectivity index (χ3v) is 17.6. The van der Waals surface area contributed by atoms with Gasteiger partial charge in [0.2, 0.25) is 23.6 Å². The average Bonchev–Trinajstić information content (AvgIpc) is 4.14. The van der Waals surface area contributed by atoms with E-state index in [1.807, 2.05) is 88.7 Å². The molecule has 2 aromatic rings. The molecular formula is C61H96N10O12SSe. The van der Waals surface area contributed by atoms with E-state index in [2.05, 4.69) is 26.6 Å². The van der Waals surface area contributed by atoms with Crippen LogP contribution in [-0.2, 0) is 64.0 Å². The Bertz CT molecular complexity index is 2480. The molecule has 0 bridgehead atoms. The van der Waals surface area contributed by atoms with Crippen LogP contribution in [0.5, 0.6) is 0 Å². The van der Waals surface area contributed by atoms with Crippen LogP contribution in [0.3, 0.4) is 0 Å². The van der Waals surface area contributed by atoms with Gasteiger partial charge in [-0.2, -0.15) is 0 Å². The Balaban J connectivity index is 2.19. The van der Waals surface area contributed by atoms with Crippen LogP contribution in [0.2, 0.25) is 5.32 Å². The van der Waals surface area contributed by atoms with Gasteiger partial charge in [0.25, 0.3) is 0 Å². The van der Waals surface area contributed by atoms with Gasteiger partial charge in [-0.25, -0.2) is 0 Å². The summed E-state index contributed by atoms with van der Waals surface area (Å²) in [7, 11) is 0.